The van der Waals surface area contributed by atoms with Crippen molar-refractivity contribution in [3.63, 3.8) is 0 Å². The topological polar surface area (TPSA) is 62.5 Å². The first-order chi connectivity index (χ1) is 12.5. The molecule has 1 N–H and O–H groups in total. The van der Waals surface area contributed by atoms with Gasteiger partial charge in [0.05, 0.1) is 0 Å². The van der Waals surface area contributed by atoms with Crippen LogP contribution in [-0.2, 0) is 17.8 Å². The highest BCUT2D eigenvalue weighted by atomic mass is 32.1. The molecule has 1 fully saturated rings. The lowest BCUT2D eigenvalue weighted by molar-refractivity contribution is -0.132. The number of piperidine rings is 1. The van der Waals surface area contributed by atoms with Crippen LogP contribution in [0.25, 0.3) is 0 Å². The Morgan fingerprint density at radius 1 is 1.23 bits per heavy atom. The molecule has 0 spiro atoms. The van der Waals surface area contributed by atoms with E-state index in [4.69, 9.17) is 0 Å². The van der Waals surface area contributed by atoms with Crippen LogP contribution in [0.1, 0.15) is 36.9 Å². The summed E-state index contributed by atoms with van der Waals surface area (Å²) in [7, 11) is 0. The number of aryl methyl sites for hydroxylation is 2. The lowest BCUT2D eigenvalue weighted by atomic mass is 9.90. The largest absolute Gasteiger partial charge is 0.508 e. The molecule has 0 aliphatic carbocycles. The van der Waals surface area contributed by atoms with Gasteiger partial charge in [-0.25, -0.2) is 0 Å². The molecule has 1 aliphatic rings. The van der Waals surface area contributed by atoms with Crippen molar-refractivity contribution in [2.75, 3.05) is 13.1 Å². The molecule has 3 rings (SSSR count). The molecule has 0 bridgehead atoms. The van der Waals surface area contributed by atoms with Crippen LogP contribution in [0.4, 0.5) is 0 Å². The van der Waals surface area contributed by atoms with E-state index in [1.54, 1.807) is 16.7 Å². The number of benzene rings is 1. The molecule has 1 saturated heterocycles. The second-order valence-corrected chi connectivity index (χ2v) is 7.89. The molecular weight excluding hydrogens is 348 g/mol. The molecule has 2 aromatic rings. The van der Waals surface area contributed by atoms with Gasteiger partial charge in [0.25, 0.3) is 0 Å². The summed E-state index contributed by atoms with van der Waals surface area (Å²) in [6, 6.07) is 7.42. The number of amides is 1. The zero-order chi connectivity index (χ0) is 18.5. The number of phenolic OH excluding ortho intramolecular Hbond substituents is 1. The molecule has 6 heteroatoms. The van der Waals surface area contributed by atoms with E-state index in [2.05, 4.69) is 0 Å². The van der Waals surface area contributed by atoms with E-state index in [0.29, 0.717) is 24.6 Å². The lowest BCUT2D eigenvalue weighted by Crippen LogP contribution is -2.39. The van der Waals surface area contributed by atoms with E-state index in [-0.39, 0.29) is 10.8 Å². The van der Waals surface area contributed by atoms with Crippen molar-refractivity contribution in [1.29, 1.82) is 0 Å². The van der Waals surface area contributed by atoms with Crippen molar-refractivity contribution in [3.8, 4) is 5.75 Å². The smallest absolute Gasteiger partial charge is 0.307 e. The molecule has 1 amide bonds. The quantitative estimate of drug-likeness (QED) is 0.845. The van der Waals surface area contributed by atoms with Crippen LogP contribution in [-0.4, -0.2) is 33.6 Å². The first-order valence-corrected chi connectivity index (χ1v) is 10.1. The van der Waals surface area contributed by atoms with Gasteiger partial charge in [-0.05, 0) is 56.2 Å². The minimum atomic E-state index is 0.0169. The highest BCUT2D eigenvalue weighted by Gasteiger charge is 2.22. The minimum absolute atomic E-state index is 0.0169. The first-order valence-electron chi connectivity index (χ1n) is 9.23. The summed E-state index contributed by atoms with van der Waals surface area (Å²) in [5, 5.41) is 11.2. The first kappa shape index (κ1) is 18.7. The molecule has 1 aliphatic heterocycles. The highest BCUT2D eigenvalue weighted by Crippen LogP contribution is 2.23. The third kappa shape index (κ3) is 4.75. The number of nitrogens with zero attached hydrogens (tertiary/aromatic N) is 2. The van der Waals surface area contributed by atoms with Crippen LogP contribution in [0, 0.1) is 12.8 Å². The molecule has 1 aromatic carbocycles. The Labute approximate surface area is 157 Å². The molecule has 0 saturated carbocycles. The van der Waals surface area contributed by atoms with E-state index >= 15 is 0 Å². The number of carbonyl (C=O) groups excluding carboxylic acids is 1. The van der Waals surface area contributed by atoms with Gasteiger partial charge in [-0.1, -0.05) is 23.5 Å². The van der Waals surface area contributed by atoms with Gasteiger partial charge in [-0.3, -0.25) is 9.59 Å². The van der Waals surface area contributed by atoms with E-state index in [1.807, 2.05) is 29.3 Å². The van der Waals surface area contributed by atoms with Crippen LogP contribution in [0.15, 0.2) is 34.4 Å². The van der Waals surface area contributed by atoms with Crippen molar-refractivity contribution in [2.24, 2.45) is 5.92 Å². The SMILES string of the molecule is Cc1csc(=O)n1CCC(=O)N1CCC(CCc2ccc(O)cc2)CC1. The van der Waals surface area contributed by atoms with E-state index in [0.717, 1.165) is 44.5 Å². The Morgan fingerprint density at radius 3 is 2.54 bits per heavy atom. The molecule has 0 atom stereocenters. The normalized spacial score (nSPS) is 15.3. The minimum Gasteiger partial charge on any atom is -0.508 e. The third-order valence-electron chi connectivity index (χ3n) is 5.27. The fourth-order valence-electron chi connectivity index (χ4n) is 3.54. The maximum absolute atomic E-state index is 12.4. The standard InChI is InChI=1S/C20H26N2O3S/c1-15-14-26-20(25)22(15)13-10-19(24)21-11-8-17(9-12-21)3-2-16-4-6-18(23)7-5-16/h4-7,14,17,23H,2-3,8-13H2,1H3. The van der Waals surface area contributed by atoms with Gasteiger partial charge in [0, 0.05) is 37.1 Å². The van der Waals surface area contributed by atoms with Gasteiger partial charge in [-0.2, -0.15) is 0 Å². The van der Waals surface area contributed by atoms with Gasteiger partial charge in [-0.15, -0.1) is 0 Å². The lowest BCUT2D eigenvalue weighted by Gasteiger charge is -2.32. The summed E-state index contributed by atoms with van der Waals surface area (Å²) in [4.78, 5) is 26.1. The van der Waals surface area contributed by atoms with Crippen molar-refractivity contribution >= 4 is 17.2 Å². The average Bonchev–Trinajstić information content (AvgIpc) is 2.97. The van der Waals surface area contributed by atoms with E-state index in [1.165, 1.54) is 16.9 Å². The Bertz CT molecular complexity index is 786. The molecular formula is C20H26N2O3S. The summed E-state index contributed by atoms with van der Waals surface area (Å²) in [6.07, 6.45) is 4.62. The summed E-state index contributed by atoms with van der Waals surface area (Å²) < 4.78 is 1.69. The van der Waals surface area contributed by atoms with Crippen molar-refractivity contribution in [1.82, 2.24) is 9.47 Å². The molecule has 0 unspecified atom stereocenters. The van der Waals surface area contributed by atoms with Gasteiger partial charge >= 0.3 is 4.87 Å². The predicted octanol–water partition coefficient (Wildman–Crippen LogP) is 3.19. The van der Waals surface area contributed by atoms with Crippen molar-refractivity contribution < 1.29 is 9.90 Å². The molecule has 5 nitrogen and oxygen atoms in total. The van der Waals surface area contributed by atoms with Gasteiger partial charge < -0.3 is 14.6 Å². The molecule has 2 heterocycles. The van der Waals surface area contributed by atoms with E-state index < -0.39 is 0 Å². The van der Waals surface area contributed by atoms with E-state index in [9.17, 15) is 14.7 Å². The van der Waals surface area contributed by atoms with Crippen LogP contribution in [0.2, 0.25) is 0 Å². The van der Waals surface area contributed by atoms with Gasteiger partial charge in [0.2, 0.25) is 5.91 Å². The number of aromatic nitrogens is 1. The number of likely N-dealkylation sites (tertiary alicyclic amines) is 1. The summed E-state index contributed by atoms with van der Waals surface area (Å²) in [5.41, 5.74) is 2.18. The second kappa shape index (κ2) is 8.54. The summed E-state index contributed by atoms with van der Waals surface area (Å²) >= 11 is 1.19. The third-order valence-corrected chi connectivity index (χ3v) is 6.15. The maximum atomic E-state index is 12.4. The molecule has 1 aromatic heterocycles. The Kier molecular flexibility index (Phi) is 6.14. The number of carbonyl (C=O) groups is 1. The summed E-state index contributed by atoms with van der Waals surface area (Å²) in [6.45, 7) is 4.02. The van der Waals surface area contributed by atoms with Gasteiger partial charge in [0.15, 0.2) is 0 Å². The fourth-order valence-corrected chi connectivity index (χ4v) is 4.31. The Morgan fingerprint density at radius 2 is 1.92 bits per heavy atom. The fraction of sp³-hybridized carbons (Fsp3) is 0.500. The van der Waals surface area contributed by atoms with Crippen LogP contribution in [0.3, 0.4) is 0 Å². The molecule has 26 heavy (non-hydrogen) atoms. The number of rotatable bonds is 6. The molecule has 0 radical (unpaired) electrons. The maximum Gasteiger partial charge on any atom is 0.307 e. The Hall–Kier alpha value is -2.08. The zero-order valence-electron chi connectivity index (χ0n) is 15.2. The number of thiazole rings is 1. The van der Waals surface area contributed by atoms with Crippen molar-refractivity contribution in [3.05, 3.63) is 50.6 Å². The Balaban J connectivity index is 1.40. The number of hydrogen-bond acceptors (Lipinski definition) is 4. The predicted molar refractivity (Wildman–Crippen MR) is 104 cm³/mol. The average molecular weight is 375 g/mol. The van der Waals surface area contributed by atoms with Crippen LogP contribution < -0.4 is 4.87 Å². The monoisotopic (exact) mass is 374 g/mol. The van der Waals surface area contributed by atoms with Crippen LogP contribution in [0.5, 0.6) is 5.75 Å². The highest BCUT2D eigenvalue weighted by molar-refractivity contribution is 7.07. The number of phenols is 1. The molecule has 140 valence electrons. The number of hydrogen-bond donors (Lipinski definition) is 1. The van der Waals surface area contributed by atoms with Crippen molar-refractivity contribution in [2.45, 2.75) is 45.6 Å². The van der Waals surface area contributed by atoms with Gasteiger partial charge in [0.1, 0.15) is 5.75 Å². The second-order valence-electron chi connectivity index (χ2n) is 7.07. The summed E-state index contributed by atoms with van der Waals surface area (Å²) in [5.74, 6) is 1.11. The number of aromatic hydroxyl groups is 1. The zero-order valence-corrected chi connectivity index (χ0v) is 16.0. The van der Waals surface area contributed by atoms with Crippen LogP contribution >= 0.6 is 11.3 Å².